The average Bonchev–Trinajstić information content (AvgIpc) is 3.20. The van der Waals surface area contributed by atoms with E-state index in [4.69, 9.17) is 14.6 Å². The standard InChI is InChI=1S/C18H29NO4/c20-9-3-4-10-22-17-12-14(13-5-1-2-6-13)11-16(23-17)18(21)19-15-7-8-15/h11,13-15,17,20H,1-10,12H2,(H,19,21)/t14-,17+/m1/s1. The van der Waals surface area contributed by atoms with E-state index in [0.29, 0.717) is 30.2 Å². The van der Waals surface area contributed by atoms with Gasteiger partial charge in [-0.15, -0.1) is 0 Å². The number of unbranched alkanes of at least 4 members (excludes halogenated alkanes) is 1. The third-order valence-corrected chi connectivity index (χ3v) is 5.09. The summed E-state index contributed by atoms with van der Waals surface area (Å²) in [5.74, 6) is 1.41. The van der Waals surface area contributed by atoms with Crippen LogP contribution in [0.25, 0.3) is 0 Å². The molecule has 0 aromatic carbocycles. The van der Waals surface area contributed by atoms with Crippen molar-refractivity contribution in [1.82, 2.24) is 5.32 Å². The maximum absolute atomic E-state index is 12.3. The zero-order valence-electron chi connectivity index (χ0n) is 13.8. The van der Waals surface area contributed by atoms with Gasteiger partial charge >= 0.3 is 0 Å². The molecule has 0 radical (unpaired) electrons. The second-order valence-corrected chi connectivity index (χ2v) is 7.07. The first-order valence-electron chi connectivity index (χ1n) is 9.18. The van der Waals surface area contributed by atoms with E-state index in [0.717, 1.165) is 32.1 Å². The number of ether oxygens (including phenoxy) is 2. The molecule has 0 bridgehead atoms. The monoisotopic (exact) mass is 323 g/mol. The third kappa shape index (κ3) is 4.95. The van der Waals surface area contributed by atoms with Gasteiger partial charge in [-0.3, -0.25) is 4.79 Å². The molecule has 3 aliphatic rings. The predicted molar refractivity (Wildman–Crippen MR) is 86.5 cm³/mol. The van der Waals surface area contributed by atoms with E-state index in [1.165, 1.54) is 25.7 Å². The van der Waals surface area contributed by atoms with E-state index in [2.05, 4.69) is 5.32 Å². The van der Waals surface area contributed by atoms with Crippen molar-refractivity contribution in [2.75, 3.05) is 13.2 Å². The number of carbonyl (C=O) groups excluding carboxylic acids is 1. The Bertz CT molecular complexity index is 427. The number of aliphatic hydroxyl groups is 1. The maximum atomic E-state index is 12.3. The second kappa shape index (κ2) is 8.15. The highest BCUT2D eigenvalue weighted by Gasteiger charge is 2.34. The summed E-state index contributed by atoms with van der Waals surface area (Å²) >= 11 is 0. The van der Waals surface area contributed by atoms with Crippen molar-refractivity contribution in [2.24, 2.45) is 11.8 Å². The first-order chi connectivity index (χ1) is 11.3. The first kappa shape index (κ1) is 16.8. The Hall–Kier alpha value is -1.07. The molecule has 3 rings (SSSR count). The second-order valence-electron chi connectivity index (χ2n) is 7.07. The summed E-state index contributed by atoms with van der Waals surface area (Å²) in [4.78, 5) is 12.3. The van der Waals surface area contributed by atoms with Crippen molar-refractivity contribution in [3.63, 3.8) is 0 Å². The molecular weight excluding hydrogens is 294 g/mol. The van der Waals surface area contributed by atoms with Crippen molar-refractivity contribution in [2.45, 2.75) is 70.1 Å². The molecule has 1 amide bonds. The van der Waals surface area contributed by atoms with Gasteiger partial charge in [0.05, 0.1) is 6.61 Å². The summed E-state index contributed by atoms with van der Waals surface area (Å²) in [6.45, 7) is 0.759. The zero-order chi connectivity index (χ0) is 16.1. The Morgan fingerprint density at radius 3 is 2.74 bits per heavy atom. The molecule has 0 aromatic rings. The highest BCUT2D eigenvalue weighted by molar-refractivity contribution is 5.92. The van der Waals surface area contributed by atoms with Gasteiger partial charge in [-0.2, -0.15) is 0 Å². The van der Waals surface area contributed by atoms with Gasteiger partial charge in [0.1, 0.15) is 0 Å². The number of aliphatic hydroxyl groups excluding tert-OH is 1. The topological polar surface area (TPSA) is 67.8 Å². The predicted octanol–water partition coefficient (Wildman–Crippen LogP) is 2.49. The zero-order valence-corrected chi connectivity index (χ0v) is 13.8. The fourth-order valence-corrected chi connectivity index (χ4v) is 3.57. The first-order valence-corrected chi connectivity index (χ1v) is 9.18. The van der Waals surface area contributed by atoms with Crippen LogP contribution in [0.1, 0.15) is 57.8 Å². The fourth-order valence-electron chi connectivity index (χ4n) is 3.57. The van der Waals surface area contributed by atoms with Gasteiger partial charge in [0, 0.05) is 19.1 Å². The molecule has 2 atom stereocenters. The van der Waals surface area contributed by atoms with Gasteiger partial charge in [-0.1, -0.05) is 12.8 Å². The van der Waals surface area contributed by atoms with E-state index >= 15 is 0 Å². The van der Waals surface area contributed by atoms with E-state index in [-0.39, 0.29) is 18.8 Å². The van der Waals surface area contributed by atoms with Crippen molar-refractivity contribution < 1.29 is 19.4 Å². The minimum atomic E-state index is -0.329. The number of allylic oxidation sites excluding steroid dienone is 1. The van der Waals surface area contributed by atoms with Crippen molar-refractivity contribution in [1.29, 1.82) is 0 Å². The summed E-state index contributed by atoms with van der Waals surface area (Å²) in [5.41, 5.74) is 0. The van der Waals surface area contributed by atoms with Crippen LogP contribution in [0.3, 0.4) is 0 Å². The van der Waals surface area contributed by atoms with E-state index < -0.39 is 0 Å². The van der Waals surface area contributed by atoms with Gasteiger partial charge in [0.25, 0.3) is 5.91 Å². The summed E-state index contributed by atoms with van der Waals surface area (Å²) in [6.07, 6.45) is 11.3. The lowest BCUT2D eigenvalue weighted by Crippen LogP contribution is -2.35. The van der Waals surface area contributed by atoms with Crippen LogP contribution in [-0.2, 0) is 14.3 Å². The number of amides is 1. The Balaban J connectivity index is 1.59. The quantitative estimate of drug-likeness (QED) is 0.674. The smallest absolute Gasteiger partial charge is 0.286 e. The summed E-state index contributed by atoms with van der Waals surface area (Å²) in [5, 5.41) is 11.9. The molecule has 0 spiro atoms. The van der Waals surface area contributed by atoms with E-state index in [9.17, 15) is 4.79 Å². The summed E-state index contributed by atoms with van der Waals surface area (Å²) < 4.78 is 11.6. The molecule has 0 aromatic heterocycles. The van der Waals surface area contributed by atoms with Crippen LogP contribution in [0.2, 0.25) is 0 Å². The van der Waals surface area contributed by atoms with Crippen LogP contribution in [0.5, 0.6) is 0 Å². The van der Waals surface area contributed by atoms with Crippen molar-refractivity contribution in [3.05, 3.63) is 11.8 Å². The molecule has 2 aliphatic carbocycles. The highest BCUT2D eigenvalue weighted by Crippen LogP contribution is 2.38. The van der Waals surface area contributed by atoms with Crippen LogP contribution in [-0.4, -0.2) is 36.6 Å². The highest BCUT2D eigenvalue weighted by atomic mass is 16.7. The number of hydrogen-bond acceptors (Lipinski definition) is 4. The van der Waals surface area contributed by atoms with E-state index in [1.807, 2.05) is 6.08 Å². The van der Waals surface area contributed by atoms with Crippen LogP contribution < -0.4 is 5.32 Å². The molecule has 1 aliphatic heterocycles. The summed E-state index contributed by atoms with van der Waals surface area (Å²) in [7, 11) is 0. The molecule has 0 saturated heterocycles. The number of carbonyl (C=O) groups is 1. The number of hydrogen-bond donors (Lipinski definition) is 2. The minimum Gasteiger partial charge on any atom is -0.459 e. The summed E-state index contributed by atoms with van der Waals surface area (Å²) in [6, 6.07) is 0.336. The lowest BCUT2D eigenvalue weighted by atomic mass is 9.86. The van der Waals surface area contributed by atoms with Gasteiger partial charge < -0.3 is 19.9 Å². The van der Waals surface area contributed by atoms with Crippen molar-refractivity contribution in [3.8, 4) is 0 Å². The van der Waals surface area contributed by atoms with Crippen LogP contribution in [0.4, 0.5) is 0 Å². The van der Waals surface area contributed by atoms with Gasteiger partial charge in [-0.25, -0.2) is 0 Å². The molecule has 2 N–H and O–H groups in total. The van der Waals surface area contributed by atoms with Crippen LogP contribution in [0, 0.1) is 11.8 Å². The maximum Gasteiger partial charge on any atom is 0.286 e. The Morgan fingerprint density at radius 2 is 2.04 bits per heavy atom. The van der Waals surface area contributed by atoms with Crippen LogP contribution >= 0.6 is 0 Å². The van der Waals surface area contributed by atoms with Gasteiger partial charge in [0.15, 0.2) is 5.76 Å². The molecule has 5 nitrogen and oxygen atoms in total. The SMILES string of the molecule is O=C(NC1CC1)C1=C[C@@H](C2CCCC2)C[C@@H](OCCCCO)O1. The number of nitrogens with one attached hydrogen (secondary N) is 1. The fraction of sp³-hybridized carbons (Fsp3) is 0.833. The average molecular weight is 323 g/mol. The molecule has 2 saturated carbocycles. The Labute approximate surface area is 138 Å². The normalized spacial score (nSPS) is 28.3. The Kier molecular flexibility index (Phi) is 5.95. The molecular formula is C18H29NO4. The van der Waals surface area contributed by atoms with E-state index in [1.54, 1.807) is 0 Å². The van der Waals surface area contributed by atoms with Gasteiger partial charge in [-0.05, 0) is 56.4 Å². The Morgan fingerprint density at radius 1 is 1.26 bits per heavy atom. The molecule has 130 valence electrons. The van der Waals surface area contributed by atoms with Gasteiger partial charge in [0.2, 0.25) is 6.29 Å². The minimum absolute atomic E-state index is 0.0841. The molecule has 2 fully saturated rings. The lowest BCUT2D eigenvalue weighted by molar-refractivity contribution is -0.151. The van der Waals surface area contributed by atoms with Crippen molar-refractivity contribution >= 4 is 5.91 Å². The molecule has 5 heteroatoms. The number of rotatable bonds is 8. The largest absolute Gasteiger partial charge is 0.459 e. The van der Waals surface area contributed by atoms with Crippen LogP contribution in [0.15, 0.2) is 11.8 Å². The molecule has 0 unspecified atom stereocenters. The third-order valence-electron chi connectivity index (χ3n) is 5.09. The lowest BCUT2D eigenvalue weighted by Gasteiger charge is -2.32. The molecule has 23 heavy (non-hydrogen) atoms. The molecule has 1 heterocycles.